The summed E-state index contributed by atoms with van der Waals surface area (Å²) in [5.74, 6) is -0.383. The van der Waals surface area contributed by atoms with E-state index in [9.17, 15) is 9.59 Å². The molecule has 0 bridgehead atoms. The zero-order chi connectivity index (χ0) is 13.0. The third-order valence-corrected chi connectivity index (χ3v) is 3.02. The fourth-order valence-corrected chi connectivity index (χ4v) is 1.99. The van der Waals surface area contributed by atoms with Gasteiger partial charge in [0.1, 0.15) is 12.7 Å². The summed E-state index contributed by atoms with van der Waals surface area (Å²) in [6.45, 7) is 3.33. The number of likely N-dealkylation sites (tertiary alicyclic amines) is 1. The van der Waals surface area contributed by atoms with E-state index in [2.05, 4.69) is 22.5 Å². The van der Waals surface area contributed by atoms with Crippen molar-refractivity contribution in [3.8, 4) is 0 Å². The molecular weight excluding hydrogens is 234 g/mol. The first-order valence-corrected chi connectivity index (χ1v) is 6.14. The van der Waals surface area contributed by atoms with E-state index in [-0.39, 0.29) is 24.2 Å². The van der Waals surface area contributed by atoms with Crippen LogP contribution in [0.25, 0.3) is 0 Å². The number of carbonyl (C=O) groups is 2. The monoisotopic (exact) mass is 251 g/mol. The van der Waals surface area contributed by atoms with E-state index in [1.807, 2.05) is 0 Å². The van der Waals surface area contributed by atoms with Crippen LogP contribution in [0.4, 0.5) is 0 Å². The van der Waals surface area contributed by atoms with Crippen LogP contribution in [0.2, 0.25) is 0 Å². The minimum atomic E-state index is -0.281. The molecule has 2 amide bonds. The number of carbonyl (C=O) groups excluding carboxylic acids is 2. The topological polar surface area (TPSA) is 80.1 Å². The molecule has 0 aliphatic carbocycles. The van der Waals surface area contributed by atoms with Crippen molar-refractivity contribution >= 4 is 11.8 Å². The maximum absolute atomic E-state index is 11.9. The van der Waals surface area contributed by atoms with E-state index in [4.69, 9.17) is 0 Å². The highest BCUT2D eigenvalue weighted by Crippen LogP contribution is 2.18. The molecule has 0 radical (unpaired) electrons. The zero-order valence-electron chi connectivity index (χ0n) is 10.4. The molecule has 0 saturated carbocycles. The standard InChI is InChI=1S/C11H17N5O2/c1-2-3-4-15-6-9(5-10(15)17)11(18)14-16-7-12-13-8-16/h7-9H,2-6H2,1H3,(H,14,18). The number of rotatable bonds is 5. The lowest BCUT2D eigenvalue weighted by Crippen LogP contribution is -2.31. The molecule has 1 unspecified atom stereocenters. The van der Waals surface area contributed by atoms with Gasteiger partial charge in [-0.3, -0.25) is 15.0 Å². The Labute approximate surface area is 105 Å². The van der Waals surface area contributed by atoms with Crippen LogP contribution in [-0.2, 0) is 9.59 Å². The molecule has 1 aromatic rings. The first-order valence-electron chi connectivity index (χ1n) is 6.14. The quantitative estimate of drug-likeness (QED) is 0.798. The molecule has 0 spiro atoms. The summed E-state index contributed by atoms with van der Waals surface area (Å²) >= 11 is 0. The van der Waals surface area contributed by atoms with Crippen LogP contribution in [0, 0.1) is 5.92 Å². The molecule has 2 rings (SSSR count). The third-order valence-electron chi connectivity index (χ3n) is 3.02. The molecule has 18 heavy (non-hydrogen) atoms. The fraction of sp³-hybridized carbons (Fsp3) is 0.636. The third kappa shape index (κ3) is 2.85. The second kappa shape index (κ2) is 5.61. The molecule has 1 saturated heterocycles. The van der Waals surface area contributed by atoms with Gasteiger partial charge in [-0.05, 0) is 6.42 Å². The number of hydrogen-bond donors (Lipinski definition) is 1. The van der Waals surface area contributed by atoms with Gasteiger partial charge in [0.25, 0.3) is 0 Å². The second-order valence-electron chi connectivity index (χ2n) is 4.44. The van der Waals surface area contributed by atoms with Gasteiger partial charge >= 0.3 is 0 Å². The van der Waals surface area contributed by atoms with Gasteiger partial charge in [-0.2, -0.15) is 0 Å². The average Bonchev–Trinajstić information content (AvgIpc) is 2.96. The molecule has 1 N–H and O–H groups in total. The van der Waals surface area contributed by atoms with Gasteiger partial charge in [0.15, 0.2) is 0 Å². The highest BCUT2D eigenvalue weighted by atomic mass is 16.2. The van der Waals surface area contributed by atoms with Crippen LogP contribution in [-0.4, -0.2) is 44.7 Å². The van der Waals surface area contributed by atoms with Crippen molar-refractivity contribution in [1.29, 1.82) is 0 Å². The van der Waals surface area contributed by atoms with Crippen LogP contribution in [0.5, 0.6) is 0 Å². The van der Waals surface area contributed by atoms with E-state index in [1.165, 1.54) is 17.3 Å². The predicted octanol–water partition coefficient (Wildman–Crippen LogP) is -0.00320. The van der Waals surface area contributed by atoms with Gasteiger partial charge in [-0.1, -0.05) is 13.3 Å². The van der Waals surface area contributed by atoms with Gasteiger partial charge in [-0.25, -0.2) is 4.68 Å². The highest BCUT2D eigenvalue weighted by molar-refractivity contribution is 5.93. The largest absolute Gasteiger partial charge is 0.342 e. The smallest absolute Gasteiger partial charge is 0.244 e. The Morgan fingerprint density at radius 2 is 2.22 bits per heavy atom. The normalized spacial score (nSPS) is 19.3. The van der Waals surface area contributed by atoms with Gasteiger partial charge in [0.05, 0.1) is 5.92 Å². The lowest BCUT2D eigenvalue weighted by Gasteiger charge is -2.15. The van der Waals surface area contributed by atoms with Crippen LogP contribution in [0.1, 0.15) is 26.2 Å². The summed E-state index contributed by atoms with van der Waals surface area (Å²) < 4.78 is 1.39. The SMILES string of the molecule is CCCCN1CC(C(=O)Nn2cnnc2)CC1=O. The summed E-state index contributed by atoms with van der Waals surface area (Å²) in [7, 11) is 0. The van der Waals surface area contributed by atoms with E-state index in [0.29, 0.717) is 6.54 Å². The second-order valence-corrected chi connectivity index (χ2v) is 4.44. The van der Waals surface area contributed by atoms with Crippen molar-refractivity contribution in [2.45, 2.75) is 26.2 Å². The van der Waals surface area contributed by atoms with Gasteiger partial charge < -0.3 is 4.90 Å². The Bertz CT molecular complexity index is 417. The number of nitrogens with zero attached hydrogens (tertiary/aromatic N) is 4. The molecular formula is C11H17N5O2. The lowest BCUT2D eigenvalue weighted by atomic mass is 10.1. The molecule has 1 aliphatic heterocycles. The maximum atomic E-state index is 11.9. The number of aromatic nitrogens is 3. The summed E-state index contributed by atoms with van der Waals surface area (Å²) in [5.41, 5.74) is 2.63. The molecule has 1 fully saturated rings. The predicted molar refractivity (Wildman–Crippen MR) is 64.0 cm³/mol. The zero-order valence-corrected chi connectivity index (χ0v) is 10.4. The van der Waals surface area contributed by atoms with Crippen molar-refractivity contribution in [3.63, 3.8) is 0 Å². The number of amides is 2. The van der Waals surface area contributed by atoms with E-state index in [1.54, 1.807) is 4.90 Å². The summed E-state index contributed by atoms with van der Waals surface area (Å²) in [5, 5.41) is 7.19. The van der Waals surface area contributed by atoms with E-state index < -0.39 is 0 Å². The van der Waals surface area contributed by atoms with Gasteiger partial charge in [0, 0.05) is 19.5 Å². The van der Waals surface area contributed by atoms with Crippen molar-refractivity contribution in [3.05, 3.63) is 12.7 Å². The Balaban J connectivity index is 1.87. The molecule has 2 heterocycles. The molecule has 7 nitrogen and oxygen atoms in total. The van der Waals surface area contributed by atoms with Crippen LogP contribution < -0.4 is 5.43 Å². The molecule has 1 aromatic heterocycles. The highest BCUT2D eigenvalue weighted by Gasteiger charge is 2.33. The Morgan fingerprint density at radius 3 is 2.89 bits per heavy atom. The minimum Gasteiger partial charge on any atom is -0.342 e. The van der Waals surface area contributed by atoms with Gasteiger partial charge in [0.2, 0.25) is 11.8 Å². The van der Waals surface area contributed by atoms with E-state index in [0.717, 1.165) is 19.4 Å². The first-order chi connectivity index (χ1) is 8.70. The number of nitrogens with one attached hydrogen (secondary N) is 1. The van der Waals surface area contributed by atoms with Crippen molar-refractivity contribution in [2.75, 3.05) is 18.5 Å². The number of unbranched alkanes of at least 4 members (excludes halogenated alkanes) is 1. The van der Waals surface area contributed by atoms with E-state index >= 15 is 0 Å². The molecule has 1 atom stereocenters. The van der Waals surface area contributed by atoms with Crippen LogP contribution in [0.3, 0.4) is 0 Å². The summed E-state index contributed by atoms with van der Waals surface area (Å²) in [6, 6.07) is 0. The Morgan fingerprint density at radius 1 is 1.50 bits per heavy atom. The Hall–Kier alpha value is -1.92. The molecule has 7 heteroatoms. The molecule has 98 valence electrons. The van der Waals surface area contributed by atoms with Crippen molar-refractivity contribution in [1.82, 2.24) is 19.8 Å². The maximum Gasteiger partial charge on any atom is 0.244 e. The number of hydrogen-bond acceptors (Lipinski definition) is 4. The summed E-state index contributed by atoms with van der Waals surface area (Å²) in [4.78, 5) is 25.4. The van der Waals surface area contributed by atoms with Crippen LogP contribution in [0.15, 0.2) is 12.7 Å². The fourth-order valence-electron chi connectivity index (χ4n) is 1.99. The van der Waals surface area contributed by atoms with Crippen LogP contribution >= 0.6 is 0 Å². The summed E-state index contributed by atoms with van der Waals surface area (Å²) in [6.07, 6.45) is 5.12. The first kappa shape index (κ1) is 12.5. The Kier molecular flexibility index (Phi) is 3.91. The minimum absolute atomic E-state index is 0.0624. The van der Waals surface area contributed by atoms with Crippen molar-refractivity contribution < 1.29 is 9.59 Å². The van der Waals surface area contributed by atoms with Gasteiger partial charge in [-0.15, -0.1) is 10.2 Å². The van der Waals surface area contributed by atoms with Crippen molar-refractivity contribution in [2.24, 2.45) is 5.92 Å². The average molecular weight is 251 g/mol. The molecule has 0 aromatic carbocycles. The lowest BCUT2D eigenvalue weighted by molar-refractivity contribution is -0.128. The molecule has 1 aliphatic rings.